The summed E-state index contributed by atoms with van der Waals surface area (Å²) in [5, 5.41) is 3.06. The number of hydrogen-bond donors (Lipinski definition) is 1. The quantitative estimate of drug-likeness (QED) is 0.709. The van der Waals surface area contributed by atoms with Crippen molar-refractivity contribution in [2.75, 3.05) is 19.0 Å². The Morgan fingerprint density at radius 1 is 1.54 bits per heavy atom. The molecule has 1 aromatic rings. The normalized spacial score (nSPS) is 8.46. The van der Waals surface area contributed by atoms with Gasteiger partial charge in [-0.1, -0.05) is 12.0 Å². The predicted molar refractivity (Wildman–Crippen MR) is 52.7 cm³/mol. The minimum atomic E-state index is 0.606. The van der Waals surface area contributed by atoms with Gasteiger partial charge in [0.1, 0.15) is 5.82 Å². The van der Waals surface area contributed by atoms with E-state index in [1.807, 2.05) is 12.1 Å². The van der Waals surface area contributed by atoms with Crippen LogP contribution in [0, 0.1) is 11.8 Å². The zero-order chi connectivity index (χ0) is 9.52. The summed E-state index contributed by atoms with van der Waals surface area (Å²) in [6.07, 6.45) is 0. The van der Waals surface area contributed by atoms with Crippen LogP contribution >= 0.6 is 0 Å². The number of rotatable bonds is 3. The van der Waals surface area contributed by atoms with Crippen molar-refractivity contribution < 1.29 is 4.74 Å². The van der Waals surface area contributed by atoms with E-state index < -0.39 is 0 Å². The molecule has 0 bridgehead atoms. The lowest BCUT2D eigenvalue weighted by Gasteiger charge is -2.02. The van der Waals surface area contributed by atoms with E-state index in [4.69, 9.17) is 4.74 Å². The smallest absolute Gasteiger partial charge is 0.214 e. The fourth-order valence-electron chi connectivity index (χ4n) is 0.850. The Labute approximate surface area is 78.1 Å². The van der Waals surface area contributed by atoms with Crippen LogP contribution in [0.15, 0.2) is 18.2 Å². The molecule has 0 saturated heterocycles. The van der Waals surface area contributed by atoms with Gasteiger partial charge in [-0.25, -0.2) is 0 Å². The highest BCUT2D eigenvalue weighted by atomic mass is 16.5. The maximum atomic E-state index is 4.97. The molecule has 0 aliphatic heterocycles. The number of ether oxygens (including phenoxy) is 1. The lowest BCUT2D eigenvalue weighted by atomic mass is 10.4. The minimum Gasteiger partial charge on any atom is -0.481 e. The van der Waals surface area contributed by atoms with E-state index in [-0.39, 0.29) is 0 Å². The van der Waals surface area contributed by atoms with Crippen LogP contribution in [0.4, 0.5) is 5.82 Å². The van der Waals surface area contributed by atoms with E-state index in [9.17, 15) is 0 Å². The molecular weight excluding hydrogens is 164 g/mol. The molecule has 0 aromatic carbocycles. The molecule has 1 aromatic heterocycles. The summed E-state index contributed by atoms with van der Waals surface area (Å²) in [6.45, 7) is 2.41. The van der Waals surface area contributed by atoms with Gasteiger partial charge in [-0.05, 0) is 13.0 Å². The van der Waals surface area contributed by atoms with Gasteiger partial charge in [-0.2, -0.15) is 4.98 Å². The van der Waals surface area contributed by atoms with Gasteiger partial charge in [0.05, 0.1) is 13.7 Å². The van der Waals surface area contributed by atoms with Crippen molar-refractivity contribution in [3.05, 3.63) is 18.2 Å². The molecule has 0 aliphatic carbocycles. The summed E-state index contributed by atoms with van der Waals surface area (Å²) in [5.41, 5.74) is 0. The molecule has 3 nitrogen and oxygen atoms in total. The fraction of sp³-hybridized carbons (Fsp3) is 0.300. The first-order chi connectivity index (χ1) is 6.36. The summed E-state index contributed by atoms with van der Waals surface area (Å²) < 4.78 is 4.97. The number of anilines is 1. The van der Waals surface area contributed by atoms with Crippen LogP contribution in [0.5, 0.6) is 5.88 Å². The average molecular weight is 176 g/mol. The van der Waals surface area contributed by atoms with E-state index in [1.165, 1.54) is 0 Å². The summed E-state index contributed by atoms with van der Waals surface area (Å²) >= 11 is 0. The molecule has 0 saturated carbocycles. The van der Waals surface area contributed by atoms with E-state index in [1.54, 1.807) is 20.1 Å². The Morgan fingerprint density at radius 2 is 2.38 bits per heavy atom. The van der Waals surface area contributed by atoms with Gasteiger partial charge in [-0.3, -0.25) is 0 Å². The molecule has 1 heterocycles. The Bertz CT molecular complexity index is 325. The summed E-state index contributed by atoms with van der Waals surface area (Å²) in [4.78, 5) is 4.16. The van der Waals surface area contributed by atoms with Crippen LogP contribution in [0.1, 0.15) is 6.92 Å². The van der Waals surface area contributed by atoms with Crippen molar-refractivity contribution in [2.45, 2.75) is 6.92 Å². The SMILES string of the molecule is CC#CCNc1cccc(OC)n1. The first-order valence-electron chi connectivity index (χ1n) is 4.01. The molecule has 0 radical (unpaired) electrons. The van der Waals surface area contributed by atoms with Gasteiger partial charge in [-0.15, -0.1) is 5.92 Å². The Kier molecular flexibility index (Phi) is 3.65. The predicted octanol–water partition coefficient (Wildman–Crippen LogP) is 1.53. The topological polar surface area (TPSA) is 34.1 Å². The molecule has 0 spiro atoms. The van der Waals surface area contributed by atoms with Crippen LogP contribution in [0.3, 0.4) is 0 Å². The van der Waals surface area contributed by atoms with Gasteiger partial charge in [0.15, 0.2) is 0 Å². The Morgan fingerprint density at radius 3 is 3.08 bits per heavy atom. The van der Waals surface area contributed by atoms with E-state index >= 15 is 0 Å². The summed E-state index contributed by atoms with van der Waals surface area (Å²) in [7, 11) is 1.60. The van der Waals surface area contributed by atoms with Crippen LogP contribution < -0.4 is 10.1 Å². The number of hydrogen-bond acceptors (Lipinski definition) is 3. The van der Waals surface area contributed by atoms with Crippen molar-refractivity contribution in [1.29, 1.82) is 0 Å². The molecule has 0 amide bonds. The van der Waals surface area contributed by atoms with Crippen molar-refractivity contribution in [3.63, 3.8) is 0 Å². The summed E-state index contributed by atoms with van der Waals surface area (Å²) in [6, 6.07) is 5.56. The van der Waals surface area contributed by atoms with Crippen molar-refractivity contribution >= 4 is 5.82 Å². The largest absolute Gasteiger partial charge is 0.481 e. The van der Waals surface area contributed by atoms with Gasteiger partial charge in [0, 0.05) is 6.07 Å². The third kappa shape index (κ3) is 3.04. The van der Waals surface area contributed by atoms with Crippen molar-refractivity contribution in [3.8, 4) is 17.7 Å². The molecule has 68 valence electrons. The molecule has 0 unspecified atom stereocenters. The standard InChI is InChI=1S/C10H12N2O/c1-3-4-8-11-9-6-5-7-10(12-9)13-2/h5-7H,8H2,1-2H3,(H,11,12). The molecule has 0 atom stereocenters. The van der Waals surface area contributed by atoms with Crippen molar-refractivity contribution in [1.82, 2.24) is 4.98 Å². The lowest BCUT2D eigenvalue weighted by molar-refractivity contribution is 0.398. The zero-order valence-electron chi connectivity index (χ0n) is 7.79. The third-order valence-electron chi connectivity index (χ3n) is 1.47. The zero-order valence-corrected chi connectivity index (χ0v) is 7.79. The Hall–Kier alpha value is -1.69. The minimum absolute atomic E-state index is 0.606. The van der Waals surface area contributed by atoms with Gasteiger partial charge in [0.25, 0.3) is 0 Å². The van der Waals surface area contributed by atoms with Crippen LogP contribution in [-0.4, -0.2) is 18.6 Å². The van der Waals surface area contributed by atoms with E-state index in [2.05, 4.69) is 22.1 Å². The molecule has 0 aliphatic rings. The highest BCUT2D eigenvalue weighted by Gasteiger charge is 1.93. The molecule has 3 heteroatoms. The molecule has 0 fully saturated rings. The number of nitrogens with one attached hydrogen (secondary N) is 1. The average Bonchev–Trinajstić information content (AvgIpc) is 2.19. The second-order valence-corrected chi connectivity index (χ2v) is 2.35. The van der Waals surface area contributed by atoms with E-state index in [0.29, 0.717) is 12.4 Å². The number of pyridine rings is 1. The third-order valence-corrected chi connectivity index (χ3v) is 1.47. The lowest BCUT2D eigenvalue weighted by Crippen LogP contribution is -2.01. The molecule has 13 heavy (non-hydrogen) atoms. The second-order valence-electron chi connectivity index (χ2n) is 2.35. The van der Waals surface area contributed by atoms with Gasteiger partial charge >= 0.3 is 0 Å². The molecule has 1 N–H and O–H groups in total. The highest BCUT2D eigenvalue weighted by molar-refractivity contribution is 5.38. The maximum absolute atomic E-state index is 4.97. The van der Waals surface area contributed by atoms with Crippen LogP contribution in [-0.2, 0) is 0 Å². The fourth-order valence-corrected chi connectivity index (χ4v) is 0.850. The first kappa shape index (κ1) is 9.40. The number of nitrogens with zero attached hydrogens (tertiary/aromatic N) is 1. The first-order valence-corrected chi connectivity index (χ1v) is 4.01. The molecule has 1 rings (SSSR count). The van der Waals surface area contributed by atoms with Crippen LogP contribution in [0.2, 0.25) is 0 Å². The van der Waals surface area contributed by atoms with Gasteiger partial charge < -0.3 is 10.1 Å². The number of methoxy groups -OCH3 is 1. The molecular formula is C10H12N2O. The van der Waals surface area contributed by atoms with Crippen LogP contribution in [0.25, 0.3) is 0 Å². The monoisotopic (exact) mass is 176 g/mol. The number of aromatic nitrogens is 1. The summed E-state index contributed by atoms with van der Waals surface area (Å²) in [5.74, 6) is 7.07. The van der Waals surface area contributed by atoms with E-state index in [0.717, 1.165) is 5.82 Å². The second kappa shape index (κ2) is 5.04. The van der Waals surface area contributed by atoms with Gasteiger partial charge in [0.2, 0.25) is 5.88 Å². The van der Waals surface area contributed by atoms with Crippen molar-refractivity contribution in [2.24, 2.45) is 0 Å². The maximum Gasteiger partial charge on any atom is 0.214 e. The highest BCUT2D eigenvalue weighted by Crippen LogP contribution is 2.09. The Balaban J connectivity index is 2.59.